The Bertz CT molecular complexity index is 67.7. The Balaban J connectivity index is -0.0000000883. The molecule has 0 saturated carbocycles. The van der Waals surface area contributed by atoms with Crippen molar-refractivity contribution in [2.24, 2.45) is 0 Å². The van der Waals surface area contributed by atoms with E-state index in [1.54, 1.807) is 0 Å². The van der Waals surface area contributed by atoms with Crippen molar-refractivity contribution in [2.45, 2.75) is 60.5 Å². The SMILES string of the molecule is CC.CCN(C(C)C)C(C)C.CO.O. The Kier molecular flexibility index (Phi) is 31.4. The molecule has 0 aromatic carbocycles. The van der Waals surface area contributed by atoms with Gasteiger partial charge in [-0.1, -0.05) is 20.8 Å². The molecule has 3 heteroatoms. The first-order chi connectivity index (χ1) is 6.09. The van der Waals surface area contributed by atoms with Crippen molar-refractivity contribution in [3.63, 3.8) is 0 Å². The lowest BCUT2D eigenvalue weighted by molar-refractivity contribution is 0.185. The van der Waals surface area contributed by atoms with Crippen molar-refractivity contribution in [2.75, 3.05) is 13.7 Å². The number of aliphatic hydroxyl groups excluding tert-OH is 1. The van der Waals surface area contributed by atoms with Crippen LogP contribution in [0, 0.1) is 0 Å². The summed E-state index contributed by atoms with van der Waals surface area (Å²) in [5.74, 6) is 0. The normalized spacial score (nSPS) is 8.57. The van der Waals surface area contributed by atoms with E-state index in [9.17, 15) is 0 Å². The molecular formula is C11H31NO2. The summed E-state index contributed by atoms with van der Waals surface area (Å²) in [6, 6.07) is 1.38. The van der Waals surface area contributed by atoms with Crippen molar-refractivity contribution in [1.29, 1.82) is 0 Å². The van der Waals surface area contributed by atoms with Crippen LogP contribution in [0.4, 0.5) is 0 Å². The largest absolute Gasteiger partial charge is 0.412 e. The van der Waals surface area contributed by atoms with Crippen LogP contribution in [0.3, 0.4) is 0 Å². The average molecular weight is 209 g/mol. The predicted octanol–water partition coefficient (Wildman–Crippen LogP) is 1.94. The van der Waals surface area contributed by atoms with Crippen LogP contribution in [0.25, 0.3) is 0 Å². The third kappa shape index (κ3) is 14.4. The van der Waals surface area contributed by atoms with Crippen LogP contribution in [0.1, 0.15) is 48.5 Å². The molecule has 92 valence electrons. The molecule has 0 unspecified atom stereocenters. The van der Waals surface area contributed by atoms with E-state index in [0.29, 0.717) is 12.1 Å². The first kappa shape index (κ1) is 23.6. The van der Waals surface area contributed by atoms with Crippen LogP contribution in [0.2, 0.25) is 0 Å². The lowest BCUT2D eigenvalue weighted by Gasteiger charge is -2.28. The molecule has 0 aromatic heterocycles. The third-order valence-corrected chi connectivity index (χ3v) is 1.69. The lowest BCUT2D eigenvalue weighted by atomic mass is 10.2. The first-order valence-corrected chi connectivity index (χ1v) is 5.30. The second-order valence-electron chi connectivity index (χ2n) is 3.02. The van der Waals surface area contributed by atoms with Crippen LogP contribution >= 0.6 is 0 Å². The summed E-state index contributed by atoms with van der Waals surface area (Å²) in [5, 5.41) is 7.00. The van der Waals surface area contributed by atoms with Gasteiger partial charge in [0, 0.05) is 19.2 Å². The number of aliphatic hydroxyl groups is 1. The fourth-order valence-electron chi connectivity index (χ4n) is 1.33. The van der Waals surface area contributed by atoms with Gasteiger partial charge in [0.15, 0.2) is 0 Å². The van der Waals surface area contributed by atoms with Gasteiger partial charge in [0.25, 0.3) is 0 Å². The van der Waals surface area contributed by atoms with E-state index in [4.69, 9.17) is 5.11 Å². The van der Waals surface area contributed by atoms with Crippen molar-refractivity contribution in [3.05, 3.63) is 0 Å². The number of hydrogen-bond acceptors (Lipinski definition) is 2. The van der Waals surface area contributed by atoms with Gasteiger partial charge in [0.05, 0.1) is 0 Å². The minimum absolute atomic E-state index is 0. The maximum atomic E-state index is 7.00. The summed E-state index contributed by atoms with van der Waals surface area (Å²) in [6.45, 7) is 16.3. The first-order valence-electron chi connectivity index (χ1n) is 5.30. The molecule has 0 aliphatic rings. The molecule has 0 heterocycles. The Labute approximate surface area is 90.4 Å². The van der Waals surface area contributed by atoms with Gasteiger partial charge in [-0.25, -0.2) is 0 Å². The maximum Gasteiger partial charge on any atom is 0.0319 e. The summed E-state index contributed by atoms with van der Waals surface area (Å²) in [6.07, 6.45) is 0. The van der Waals surface area contributed by atoms with E-state index in [1.165, 1.54) is 0 Å². The predicted molar refractivity (Wildman–Crippen MR) is 65.8 cm³/mol. The Morgan fingerprint density at radius 1 is 0.929 bits per heavy atom. The van der Waals surface area contributed by atoms with E-state index >= 15 is 0 Å². The molecule has 0 spiro atoms. The summed E-state index contributed by atoms with van der Waals surface area (Å²) in [7, 11) is 1.00. The number of rotatable bonds is 3. The van der Waals surface area contributed by atoms with Gasteiger partial charge in [-0.3, -0.25) is 4.90 Å². The fraction of sp³-hybridized carbons (Fsp3) is 1.00. The summed E-state index contributed by atoms with van der Waals surface area (Å²) < 4.78 is 0. The molecule has 3 nitrogen and oxygen atoms in total. The molecule has 0 rings (SSSR count). The topological polar surface area (TPSA) is 55.0 Å². The third-order valence-electron chi connectivity index (χ3n) is 1.69. The average Bonchev–Trinajstić information content (AvgIpc) is 2.11. The molecule has 0 aliphatic carbocycles. The highest BCUT2D eigenvalue weighted by Gasteiger charge is 2.08. The van der Waals surface area contributed by atoms with Crippen molar-refractivity contribution in [1.82, 2.24) is 4.90 Å². The monoisotopic (exact) mass is 209 g/mol. The highest BCUT2D eigenvalue weighted by atomic mass is 16.2. The Morgan fingerprint density at radius 3 is 1.14 bits per heavy atom. The molecule has 0 fully saturated rings. The molecule has 0 amide bonds. The van der Waals surface area contributed by atoms with Crippen LogP contribution in [0.15, 0.2) is 0 Å². The van der Waals surface area contributed by atoms with Gasteiger partial charge in [0.2, 0.25) is 0 Å². The minimum Gasteiger partial charge on any atom is -0.412 e. The minimum atomic E-state index is 0. The molecule has 0 radical (unpaired) electrons. The second kappa shape index (κ2) is 18.6. The summed E-state index contributed by atoms with van der Waals surface area (Å²) >= 11 is 0. The standard InChI is InChI=1S/C8H19N.C2H6.CH4O.H2O/c1-6-9(7(2)3)8(4)5;2*1-2;/h7-8H,6H2,1-5H3;1-2H3;2H,1H3;1H2. The van der Waals surface area contributed by atoms with E-state index in [0.717, 1.165) is 13.7 Å². The van der Waals surface area contributed by atoms with Gasteiger partial charge in [-0.05, 0) is 34.2 Å². The van der Waals surface area contributed by atoms with Crippen molar-refractivity contribution < 1.29 is 10.6 Å². The zero-order valence-corrected chi connectivity index (χ0v) is 11.3. The molecule has 3 N–H and O–H groups in total. The Hall–Kier alpha value is -0.120. The van der Waals surface area contributed by atoms with Gasteiger partial charge >= 0.3 is 0 Å². The smallest absolute Gasteiger partial charge is 0.0319 e. The highest BCUT2D eigenvalue weighted by Crippen LogP contribution is 2.02. The molecule has 0 aliphatic heterocycles. The van der Waals surface area contributed by atoms with E-state index in [-0.39, 0.29) is 5.48 Å². The molecular weight excluding hydrogens is 178 g/mol. The van der Waals surface area contributed by atoms with Gasteiger partial charge in [-0.2, -0.15) is 0 Å². The van der Waals surface area contributed by atoms with Crippen LogP contribution in [-0.2, 0) is 0 Å². The van der Waals surface area contributed by atoms with E-state index in [2.05, 4.69) is 39.5 Å². The van der Waals surface area contributed by atoms with Crippen LogP contribution in [-0.4, -0.2) is 41.2 Å². The lowest BCUT2D eigenvalue weighted by Crippen LogP contribution is -2.36. The number of hydrogen-bond donors (Lipinski definition) is 1. The zero-order chi connectivity index (χ0) is 11.4. The molecule has 0 atom stereocenters. The molecule has 0 saturated heterocycles. The van der Waals surface area contributed by atoms with E-state index < -0.39 is 0 Å². The van der Waals surface area contributed by atoms with Gasteiger partial charge < -0.3 is 10.6 Å². The van der Waals surface area contributed by atoms with Crippen molar-refractivity contribution in [3.8, 4) is 0 Å². The summed E-state index contributed by atoms with van der Waals surface area (Å²) in [4.78, 5) is 2.46. The Morgan fingerprint density at radius 2 is 1.14 bits per heavy atom. The van der Waals surface area contributed by atoms with Gasteiger partial charge in [0.1, 0.15) is 0 Å². The summed E-state index contributed by atoms with van der Waals surface area (Å²) in [5.41, 5.74) is 0. The molecule has 0 aromatic rings. The van der Waals surface area contributed by atoms with Crippen LogP contribution in [0.5, 0.6) is 0 Å². The van der Waals surface area contributed by atoms with Gasteiger partial charge in [-0.15, -0.1) is 0 Å². The molecule has 14 heavy (non-hydrogen) atoms. The second-order valence-corrected chi connectivity index (χ2v) is 3.02. The van der Waals surface area contributed by atoms with Crippen LogP contribution < -0.4 is 0 Å². The fourth-order valence-corrected chi connectivity index (χ4v) is 1.33. The highest BCUT2D eigenvalue weighted by molar-refractivity contribution is 4.64. The zero-order valence-electron chi connectivity index (χ0n) is 11.3. The maximum absolute atomic E-state index is 7.00. The number of nitrogens with zero attached hydrogens (tertiary/aromatic N) is 1. The van der Waals surface area contributed by atoms with E-state index in [1.807, 2.05) is 13.8 Å². The van der Waals surface area contributed by atoms with Crippen molar-refractivity contribution >= 4 is 0 Å². The quantitative estimate of drug-likeness (QED) is 0.772. The molecule has 0 bridgehead atoms.